The highest BCUT2D eigenvalue weighted by Crippen LogP contribution is 2.13. The first-order valence-electron chi connectivity index (χ1n) is 6.11. The van der Waals surface area contributed by atoms with Crippen molar-refractivity contribution >= 4 is 0 Å². The Hall–Kier alpha value is -0.590. The Bertz CT molecular complexity index is 242. The van der Waals surface area contributed by atoms with Crippen LogP contribution in [-0.4, -0.2) is 36.1 Å². The number of nitrogens with zero attached hydrogens (tertiary/aromatic N) is 2. The first kappa shape index (κ1) is 15.4. The lowest BCUT2D eigenvalue weighted by Gasteiger charge is -2.35. The molecular formula is C13H27N3. The van der Waals surface area contributed by atoms with E-state index in [2.05, 4.69) is 58.0 Å². The lowest BCUT2D eigenvalue weighted by atomic mass is 9.99. The molecule has 94 valence electrons. The monoisotopic (exact) mass is 225 g/mol. The second kappa shape index (κ2) is 6.22. The van der Waals surface area contributed by atoms with Gasteiger partial charge in [-0.05, 0) is 40.7 Å². The van der Waals surface area contributed by atoms with E-state index in [1.165, 1.54) is 0 Å². The van der Waals surface area contributed by atoms with Gasteiger partial charge in [-0.2, -0.15) is 5.26 Å². The van der Waals surface area contributed by atoms with Gasteiger partial charge in [0.25, 0.3) is 0 Å². The van der Waals surface area contributed by atoms with E-state index in [4.69, 9.17) is 0 Å². The average molecular weight is 225 g/mol. The van der Waals surface area contributed by atoms with E-state index in [-0.39, 0.29) is 0 Å². The number of likely N-dealkylation sites (N-methyl/N-ethyl adjacent to an activating group) is 1. The van der Waals surface area contributed by atoms with Gasteiger partial charge in [0, 0.05) is 18.6 Å². The highest BCUT2D eigenvalue weighted by atomic mass is 15.2. The first-order valence-corrected chi connectivity index (χ1v) is 6.11. The minimum atomic E-state index is -0.466. The molecule has 3 heteroatoms. The molecule has 0 radical (unpaired) electrons. The molecule has 3 nitrogen and oxygen atoms in total. The molecule has 0 aromatic heterocycles. The summed E-state index contributed by atoms with van der Waals surface area (Å²) in [4.78, 5) is 2.25. The second-order valence-electron chi connectivity index (χ2n) is 5.64. The third-order valence-electron chi connectivity index (χ3n) is 3.08. The van der Waals surface area contributed by atoms with Crippen LogP contribution in [-0.2, 0) is 0 Å². The minimum absolute atomic E-state index is 0.326. The Morgan fingerprint density at radius 1 is 1.25 bits per heavy atom. The molecule has 0 aliphatic rings. The van der Waals surface area contributed by atoms with Crippen LogP contribution in [0.4, 0.5) is 0 Å². The molecule has 0 aliphatic carbocycles. The van der Waals surface area contributed by atoms with Crippen molar-refractivity contribution in [3.8, 4) is 6.07 Å². The normalized spacial score (nSPS) is 17.6. The van der Waals surface area contributed by atoms with Crippen molar-refractivity contribution in [1.82, 2.24) is 10.2 Å². The van der Waals surface area contributed by atoms with Crippen molar-refractivity contribution in [2.45, 2.75) is 59.2 Å². The predicted molar refractivity (Wildman–Crippen MR) is 69.2 cm³/mol. The van der Waals surface area contributed by atoms with Crippen molar-refractivity contribution in [3.63, 3.8) is 0 Å². The number of hydrogen-bond donors (Lipinski definition) is 1. The molecule has 0 aromatic rings. The molecule has 2 atom stereocenters. The van der Waals surface area contributed by atoms with Crippen molar-refractivity contribution in [1.29, 1.82) is 5.26 Å². The van der Waals surface area contributed by atoms with Crippen LogP contribution in [0.5, 0.6) is 0 Å². The van der Waals surface area contributed by atoms with E-state index in [0.29, 0.717) is 18.0 Å². The highest BCUT2D eigenvalue weighted by molar-refractivity contribution is 5.06. The van der Waals surface area contributed by atoms with Crippen LogP contribution in [0.2, 0.25) is 0 Å². The fourth-order valence-electron chi connectivity index (χ4n) is 1.90. The van der Waals surface area contributed by atoms with Crippen LogP contribution >= 0.6 is 0 Å². The van der Waals surface area contributed by atoms with Crippen LogP contribution in [0.15, 0.2) is 0 Å². The first-order chi connectivity index (χ1) is 7.22. The SMILES string of the molecule is CC(C)NC(C)(C#N)CN(C)C(C)C(C)C. The van der Waals surface area contributed by atoms with Crippen LogP contribution in [0.3, 0.4) is 0 Å². The number of nitrogens with one attached hydrogen (secondary N) is 1. The Labute approximate surface area is 101 Å². The molecule has 0 spiro atoms. The fourth-order valence-corrected chi connectivity index (χ4v) is 1.90. The van der Waals surface area contributed by atoms with Gasteiger partial charge >= 0.3 is 0 Å². The van der Waals surface area contributed by atoms with Gasteiger partial charge in [0.05, 0.1) is 6.07 Å². The molecule has 1 N–H and O–H groups in total. The number of nitriles is 1. The molecule has 0 saturated heterocycles. The summed E-state index contributed by atoms with van der Waals surface area (Å²) in [6.07, 6.45) is 0. The largest absolute Gasteiger partial charge is 0.301 e. The summed E-state index contributed by atoms with van der Waals surface area (Å²) in [5, 5.41) is 12.6. The lowest BCUT2D eigenvalue weighted by Crippen LogP contribution is -2.54. The summed E-state index contributed by atoms with van der Waals surface area (Å²) in [7, 11) is 2.09. The van der Waals surface area contributed by atoms with Gasteiger partial charge < -0.3 is 4.90 Å². The molecule has 16 heavy (non-hydrogen) atoms. The standard InChI is InChI=1S/C13H27N3/c1-10(2)12(5)16(7)9-13(6,8-14)15-11(3)4/h10-12,15H,9H2,1-7H3. The van der Waals surface area contributed by atoms with Gasteiger partial charge in [-0.25, -0.2) is 0 Å². The molecule has 0 aliphatic heterocycles. The molecule has 0 bridgehead atoms. The summed E-state index contributed by atoms with van der Waals surface area (Å²) in [5.74, 6) is 0.604. The van der Waals surface area contributed by atoms with Crippen LogP contribution < -0.4 is 5.32 Å². The molecule has 0 amide bonds. The van der Waals surface area contributed by atoms with E-state index in [9.17, 15) is 5.26 Å². The van der Waals surface area contributed by atoms with Gasteiger partial charge in [0.2, 0.25) is 0 Å². The zero-order chi connectivity index (χ0) is 12.9. The molecule has 0 rings (SSSR count). The van der Waals surface area contributed by atoms with Gasteiger partial charge in [0.15, 0.2) is 0 Å². The molecule has 2 unspecified atom stereocenters. The van der Waals surface area contributed by atoms with Crippen LogP contribution in [0, 0.1) is 17.2 Å². The van der Waals surface area contributed by atoms with Gasteiger partial charge in [-0.15, -0.1) is 0 Å². The van der Waals surface area contributed by atoms with E-state index in [1.54, 1.807) is 0 Å². The predicted octanol–water partition coefficient (Wildman–Crippen LogP) is 2.24. The number of rotatable bonds is 6. The second-order valence-corrected chi connectivity index (χ2v) is 5.64. The molecule has 0 saturated carbocycles. The molecule has 0 heterocycles. The molecular weight excluding hydrogens is 198 g/mol. The summed E-state index contributed by atoms with van der Waals surface area (Å²) >= 11 is 0. The third kappa shape index (κ3) is 4.96. The van der Waals surface area contributed by atoms with Crippen molar-refractivity contribution < 1.29 is 0 Å². The molecule has 0 aromatic carbocycles. The van der Waals surface area contributed by atoms with Crippen molar-refractivity contribution in [3.05, 3.63) is 0 Å². The topological polar surface area (TPSA) is 39.1 Å². The quantitative estimate of drug-likeness (QED) is 0.753. The van der Waals surface area contributed by atoms with Crippen LogP contribution in [0.1, 0.15) is 41.5 Å². The lowest BCUT2D eigenvalue weighted by molar-refractivity contribution is 0.169. The summed E-state index contributed by atoms with van der Waals surface area (Å²) < 4.78 is 0. The fraction of sp³-hybridized carbons (Fsp3) is 0.923. The van der Waals surface area contributed by atoms with E-state index in [0.717, 1.165) is 6.54 Å². The minimum Gasteiger partial charge on any atom is -0.301 e. The third-order valence-corrected chi connectivity index (χ3v) is 3.08. The van der Waals surface area contributed by atoms with Gasteiger partial charge in [0.1, 0.15) is 5.54 Å². The summed E-state index contributed by atoms with van der Waals surface area (Å²) in [6.45, 7) is 13.5. The Kier molecular flexibility index (Phi) is 5.99. The Morgan fingerprint density at radius 2 is 1.75 bits per heavy atom. The van der Waals surface area contributed by atoms with E-state index in [1.807, 2.05) is 6.92 Å². The summed E-state index contributed by atoms with van der Waals surface area (Å²) in [5.41, 5.74) is -0.466. The Balaban J connectivity index is 4.49. The van der Waals surface area contributed by atoms with Crippen molar-refractivity contribution in [2.75, 3.05) is 13.6 Å². The average Bonchev–Trinajstić information content (AvgIpc) is 2.14. The van der Waals surface area contributed by atoms with E-state index >= 15 is 0 Å². The smallest absolute Gasteiger partial charge is 0.116 e. The summed E-state index contributed by atoms with van der Waals surface area (Å²) in [6, 6.07) is 3.20. The number of hydrogen-bond acceptors (Lipinski definition) is 3. The van der Waals surface area contributed by atoms with E-state index < -0.39 is 5.54 Å². The van der Waals surface area contributed by atoms with Gasteiger partial charge in [-0.1, -0.05) is 13.8 Å². The Morgan fingerprint density at radius 3 is 2.06 bits per heavy atom. The maximum Gasteiger partial charge on any atom is 0.116 e. The maximum absolute atomic E-state index is 9.26. The van der Waals surface area contributed by atoms with Crippen LogP contribution in [0.25, 0.3) is 0 Å². The zero-order valence-electron chi connectivity index (χ0n) is 11.8. The highest BCUT2D eigenvalue weighted by Gasteiger charge is 2.28. The van der Waals surface area contributed by atoms with Gasteiger partial charge in [-0.3, -0.25) is 5.32 Å². The zero-order valence-corrected chi connectivity index (χ0v) is 11.8. The van der Waals surface area contributed by atoms with Crippen molar-refractivity contribution in [2.24, 2.45) is 5.92 Å². The molecule has 0 fully saturated rings. The maximum atomic E-state index is 9.26.